The molecule has 1 aliphatic rings. The molecule has 0 radical (unpaired) electrons. The Hall–Kier alpha value is -2.77. The minimum absolute atomic E-state index is 0.211. The monoisotopic (exact) mass is 463 g/mol. The van der Waals surface area contributed by atoms with E-state index in [1.807, 2.05) is 19.1 Å². The van der Waals surface area contributed by atoms with E-state index < -0.39 is 29.1 Å². The molecule has 0 unspecified atom stereocenters. The molecule has 8 nitrogen and oxygen atoms in total. The second kappa shape index (κ2) is 11.9. The first kappa shape index (κ1) is 26.5. The number of amides is 1. The summed E-state index contributed by atoms with van der Waals surface area (Å²) in [6.07, 6.45) is 3.89. The molecule has 2 rings (SSSR count). The average Bonchev–Trinajstić information content (AvgIpc) is 2.84. The molecule has 33 heavy (non-hydrogen) atoms. The van der Waals surface area contributed by atoms with E-state index >= 15 is 0 Å². The lowest BCUT2D eigenvalue weighted by Crippen LogP contribution is -2.53. The molecule has 1 aromatic rings. The molecular formula is C25H37NO7. The third kappa shape index (κ3) is 6.39. The molecule has 0 aliphatic carbocycles. The third-order valence-corrected chi connectivity index (χ3v) is 6.31. The van der Waals surface area contributed by atoms with Crippen molar-refractivity contribution in [1.82, 2.24) is 4.90 Å². The van der Waals surface area contributed by atoms with Gasteiger partial charge in [-0.1, -0.05) is 20.8 Å². The van der Waals surface area contributed by atoms with Crippen LogP contribution in [-0.2, 0) is 25.5 Å². The first-order chi connectivity index (χ1) is 15.7. The number of piperidine rings is 1. The van der Waals surface area contributed by atoms with Crippen molar-refractivity contribution < 1.29 is 33.3 Å². The lowest BCUT2D eigenvalue weighted by atomic mass is 9.84. The number of hydrogen-bond acceptors (Lipinski definition) is 7. The van der Waals surface area contributed by atoms with Crippen LogP contribution in [0.4, 0.5) is 0 Å². The van der Waals surface area contributed by atoms with E-state index in [4.69, 9.17) is 18.9 Å². The van der Waals surface area contributed by atoms with E-state index in [0.717, 1.165) is 18.4 Å². The summed E-state index contributed by atoms with van der Waals surface area (Å²) < 4.78 is 21.6. The van der Waals surface area contributed by atoms with E-state index in [2.05, 4.69) is 0 Å². The number of benzene rings is 1. The Morgan fingerprint density at radius 3 is 2.21 bits per heavy atom. The van der Waals surface area contributed by atoms with Crippen LogP contribution in [-0.4, -0.2) is 63.1 Å². The molecule has 0 bridgehead atoms. The molecule has 0 N–H and O–H groups in total. The van der Waals surface area contributed by atoms with Crippen molar-refractivity contribution in [3.05, 3.63) is 17.7 Å². The van der Waals surface area contributed by atoms with Crippen molar-refractivity contribution in [2.75, 3.05) is 34.5 Å². The molecule has 0 aromatic heterocycles. The van der Waals surface area contributed by atoms with E-state index in [1.165, 1.54) is 4.90 Å². The van der Waals surface area contributed by atoms with E-state index in [0.29, 0.717) is 49.5 Å². The topological polar surface area (TPSA) is 91.4 Å². The Morgan fingerprint density at radius 1 is 1.03 bits per heavy atom. The zero-order valence-electron chi connectivity index (χ0n) is 20.7. The highest BCUT2D eigenvalue weighted by Crippen LogP contribution is 2.38. The predicted molar refractivity (Wildman–Crippen MR) is 124 cm³/mol. The molecular weight excluding hydrogens is 426 g/mol. The quantitative estimate of drug-likeness (QED) is 0.281. The molecule has 0 spiro atoms. The number of rotatable bonds is 11. The van der Waals surface area contributed by atoms with Crippen LogP contribution in [0.2, 0.25) is 0 Å². The first-order valence-corrected chi connectivity index (χ1v) is 11.5. The third-order valence-electron chi connectivity index (χ3n) is 6.31. The van der Waals surface area contributed by atoms with Crippen molar-refractivity contribution >= 4 is 17.7 Å². The number of carbonyl (C=O) groups excluding carboxylic acids is 3. The molecule has 1 heterocycles. The van der Waals surface area contributed by atoms with E-state index in [-0.39, 0.29) is 6.61 Å². The highest BCUT2D eigenvalue weighted by molar-refractivity contribution is 6.38. The van der Waals surface area contributed by atoms with Gasteiger partial charge >= 0.3 is 5.97 Å². The average molecular weight is 464 g/mol. The number of hydrogen-bond donors (Lipinski definition) is 0. The lowest BCUT2D eigenvalue weighted by molar-refractivity contribution is -0.161. The van der Waals surface area contributed by atoms with Gasteiger partial charge < -0.3 is 23.8 Å². The minimum atomic E-state index is -0.747. The van der Waals surface area contributed by atoms with Gasteiger partial charge in [-0.05, 0) is 56.2 Å². The molecule has 1 saturated heterocycles. The Morgan fingerprint density at radius 2 is 1.67 bits per heavy atom. The zero-order chi connectivity index (χ0) is 24.6. The fraction of sp³-hybridized carbons (Fsp3) is 0.640. The van der Waals surface area contributed by atoms with Gasteiger partial charge in [-0.15, -0.1) is 0 Å². The van der Waals surface area contributed by atoms with Gasteiger partial charge in [-0.2, -0.15) is 0 Å². The number of ketones is 1. The maximum atomic E-state index is 12.8. The smallest absolute Gasteiger partial charge is 0.328 e. The Balaban J connectivity index is 1.97. The van der Waals surface area contributed by atoms with Crippen LogP contribution in [0.1, 0.15) is 58.4 Å². The Bertz CT molecular complexity index is 824. The number of carbonyl (C=O) groups is 3. The molecule has 1 fully saturated rings. The molecule has 0 saturated carbocycles. The second-order valence-electron chi connectivity index (χ2n) is 8.88. The summed E-state index contributed by atoms with van der Waals surface area (Å²) >= 11 is 0. The highest BCUT2D eigenvalue weighted by atomic mass is 16.5. The van der Waals surface area contributed by atoms with Crippen LogP contribution in [0.5, 0.6) is 17.2 Å². The number of ether oxygens (including phenoxy) is 4. The van der Waals surface area contributed by atoms with Crippen LogP contribution < -0.4 is 14.2 Å². The second-order valence-corrected chi connectivity index (χ2v) is 8.88. The van der Waals surface area contributed by atoms with Crippen LogP contribution in [0.15, 0.2) is 12.1 Å². The van der Waals surface area contributed by atoms with Crippen LogP contribution in [0.25, 0.3) is 0 Å². The summed E-state index contributed by atoms with van der Waals surface area (Å²) in [7, 11) is 4.68. The number of likely N-dealkylation sites (tertiary alicyclic amines) is 1. The number of Topliss-reactive ketones (excluding diaryl/α,β-unsaturated/α-hetero) is 1. The van der Waals surface area contributed by atoms with Gasteiger partial charge in [0, 0.05) is 12.0 Å². The van der Waals surface area contributed by atoms with Gasteiger partial charge in [0.2, 0.25) is 11.5 Å². The van der Waals surface area contributed by atoms with Gasteiger partial charge in [-0.25, -0.2) is 4.79 Å². The Kier molecular flexibility index (Phi) is 9.56. The number of methoxy groups -OCH3 is 3. The SMILES string of the molecule is CCC(C)(C)C(=O)C(=O)N1CCCC[C@H]1C(=O)OCCCc1cc(OC)c(OC)c(OC)c1. The summed E-state index contributed by atoms with van der Waals surface area (Å²) in [5.41, 5.74) is 0.214. The summed E-state index contributed by atoms with van der Waals surface area (Å²) in [6.45, 7) is 6.00. The van der Waals surface area contributed by atoms with Gasteiger partial charge in [0.15, 0.2) is 11.5 Å². The van der Waals surface area contributed by atoms with Gasteiger partial charge in [0.1, 0.15) is 6.04 Å². The largest absolute Gasteiger partial charge is 0.493 e. The summed E-state index contributed by atoms with van der Waals surface area (Å²) in [5.74, 6) is 0.181. The summed E-state index contributed by atoms with van der Waals surface area (Å²) in [4.78, 5) is 39.7. The van der Waals surface area contributed by atoms with Crippen molar-refractivity contribution in [3.63, 3.8) is 0 Å². The molecule has 184 valence electrons. The van der Waals surface area contributed by atoms with Crippen molar-refractivity contribution in [3.8, 4) is 17.2 Å². The van der Waals surface area contributed by atoms with E-state index in [9.17, 15) is 14.4 Å². The standard InChI is InChI=1S/C25H37NO7/c1-7-25(2,3)22(27)23(28)26-13-9-8-12-18(26)24(29)33-14-10-11-17-15-19(30-4)21(32-6)20(16-17)31-5/h15-16,18H,7-14H2,1-6H3/t18-/m0/s1. The number of esters is 1. The van der Waals surface area contributed by atoms with Gasteiger partial charge in [0.05, 0.1) is 27.9 Å². The fourth-order valence-electron chi connectivity index (χ4n) is 3.83. The van der Waals surface area contributed by atoms with Crippen LogP contribution >= 0.6 is 0 Å². The summed E-state index contributed by atoms with van der Waals surface area (Å²) in [6, 6.07) is 3.03. The number of nitrogens with zero attached hydrogens (tertiary/aromatic N) is 1. The molecule has 1 aromatic carbocycles. The first-order valence-electron chi connectivity index (χ1n) is 11.5. The normalized spacial score (nSPS) is 16.2. The van der Waals surface area contributed by atoms with Crippen molar-refractivity contribution in [2.45, 2.75) is 65.3 Å². The lowest BCUT2D eigenvalue weighted by Gasteiger charge is -2.35. The minimum Gasteiger partial charge on any atom is -0.493 e. The highest BCUT2D eigenvalue weighted by Gasteiger charge is 2.40. The van der Waals surface area contributed by atoms with Crippen LogP contribution in [0.3, 0.4) is 0 Å². The van der Waals surface area contributed by atoms with Crippen LogP contribution in [0, 0.1) is 5.41 Å². The maximum absolute atomic E-state index is 12.8. The van der Waals surface area contributed by atoms with Crippen molar-refractivity contribution in [1.29, 1.82) is 0 Å². The maximum Gasteiger partial charge on any atom is 0.328 e. The van der Waals surface area contributed by atoms with Gasteiger partial charge in [0.25, 0.3) is 5.91 Å². The number of aryl methyl sites for hydroxylation is 1. The Labute approximate surface area is 196 Å². The molecule has 1 atom stereocenters. The van der Waals surface area contributed by atoms with E-state index in [1.54, 1.807) is 35.2 Å². The molecule has 8 heteroatoms. The summed E-state index contributed by atoms with van der Waals surface area (Å²) in [5, 5.41) is 0. The zero-order valence-corrected chi connectivity index (χ0v) is 20.7. The van der Waals surface area contributed by atoms with Gasteiger partial charge in [-0.3, -0.25) is 9.59 Å². The molecule has 1 aliphatic heterocycles. The van der Waals surface area contributed by atoms with Crippen molar-refractivity contribution in [2.24, 2.45) is 5.41 Å². The predicted octanol–water partition coefficient (Wildman–Crippen LogP) is 3.57. The fourth-order valence-corrected chi connectivity index (χ4v) is 3.83. The molecule has 1 amide bonds.